The first-order chi connectivity index (χ1) is 8.78. The van der Waals surface area contributed by atoms with Crippen molar-refractivity contribution in [2.75, 3.05) is 13.6 Å². The van der Waals surface area contributed by atoms with Crippen LogP contribution in [0.1, 0.15) is 25.8 Å². The molecule has 0 unspecified atom stereocenters. The Balaban J connectivity index is 2.99. The number of nitrogens with two attached hydrogens (primary N) is 1. The van der Waals surface area contributed by atoms with Crippen molar-refractivity contribution in [3.05, 3.63) is 28.8 Å². The molecule has 1 aromatic carbocycles. The zero-order valence-electron chi connectivity index (χ0n) is 11.6. The molecule has 0 aliphatic rings. The van der Waals surface area contributed by atoms with Crippen molar-refractivity contribution in [3.63, 3.8) is 0 Å². The van der Waals surface area contributed by atoms with Crippen LogP contribution in [-0.2, 0) is 16.6 Å². The van der Waals surface area contributed by atoms with Gasteiger partial charge in [0.2, 0.25) is 10.0 Å². The van der Waals surface area contributed by atoms with E-state index in [-0.39, 0.29) is 11.4 Å². The molecule has 0 amide bonds. The number of hydrogen-bond donors (Lipinski definition) is 1. The summed E-state index contributed by atoms with van der Waals surface area (Å²) in [6.07, 6.45) is 0.826. The second kappa shape index (κ2) is 6.70. The highest BCUT2D eigenvalue weighted by Gasteiger charge is 2.21. The fourth-order valence-corrected chi connectivity index (χ4v) is 3.04. The Labute approximate surface area is 120 Å². The molecule has 0 aromatic heterocycles. The predicted molar refractivity (Wildman–Crippen MR) is 78.6 cm³/mol. The number of rotatable bonds is 6. The Morgan fingerprint density at radius 2 is 2.00 bits per heavy atom. The highest BCUT2D eigenvalue weighted by atomic mass is 35.5. The van der Waals surface area contributed by atoms with Crippen LogP contribution in [0.2, 0.25) is 5.02 Å². The van der Waals surface area contributed by atoms with Gasteiger partial charge in [0.05, 0.1) is 4.90 Å². The summed E-state index contributed by atoms with van der Waals surface area (Å²) in [4.78, 5) is 0.239. The van der Waals surface area contributed by atoms with Crippen LogP contribution in [-0.4, -0.2) is 26.3 Å². The van der Waals surface area contributed by atoms with Gasteiger partial charge in [0.1, 0.15) is 0 Å². The fourth-order valence-electron chi connectivity index (χ4n) is 1.61. The van der Waals surface area contributed by atoms with Crippen molar-refractivity contribution in [1.29, 1.82) is 0 Å². The average molecular weight is 305 g/mol. The SMILES string of the molecule is CC(C)CCN(C)S(=O)(=O)c1ccc(Cl)c(CN)c1. The monoisotopic (exact) mass is 304 g/mol. The van der Waals surface area contributed by atoms with Crippen LogP contribution in [0.5, 0.6) is 0 Å². The number of halogens is 1. The maximum Gasteiger partial charge on any atom is 0.242 e. The summed E-state index contributed by atoms with van der Waals surface area (Å²) in [6, 6.07) is 4.64. The van der Waals surface area contributed by atoms with Crippen LogP contribution in [0, 0.1) is 5.92 Å². The van der Waals surface area contributed by atoms with Gasteiger partial charge in [0.15, 0.2) is 0 Å². The van der Waals surface area contributed by atoms with Gasteiger partial charge < -0.3 is 5.73 Å². The van der Waals surface area contributed by atoms with E-state index in [4.69, 9.17) is 17.3 Å². The average Bonchev–Trinajstić information content (AvgIpc) is 2.35. The molecule has 0 aliphatic carbocycles. The summed E-state index contributed by atoms with van der Waals surface area (Å²) in [6.45, 7) is 4.85. The van der Waals surface area contributed by atoms with Gasteiger partial charge in [-0.1, -0.05) is 25.4 Å². The summed E-state index contributed by atoms with van der Waals surface area (Å²) in [7, 11) is -1.87. The second-order valence-corrected chi connectivity index (χ2v) is 7.42. The van der Waals surface area contributed by atoms with Crippen LogP contribution >= 0.6 is 11.6 Å². The molecular formula is C13H21ClN2O2S. The summed E-state index contributed by atoms with van der Waals surface area (Å²) < 4.78 is 26.1. The molecule has 0 atom stereocenters. The molecular weight excluding hydrogens is 284 g/mol. The quantitative estimate of drug-likeness (QED) is 0.878. The van der Waals surface area contributed by atoms with Gasteiger partial charge in [-0.15, -0.1) is 0 Å². The third kappa shape index (κ3) is 4.18. The standard InChI is InChI=1S/C13H21ClN2O2S/c1-10(2)6-7-16(3)19(17,18)12-4-5-13(14)11(8-12)9-15/h4-5,8,10H,6-7,9,15H2,1-3H3. The molecule has 0 saturated heterocycles. The van der Waals surface area contributed by atoms with Crippen molar-refractivity contribution in [2.24, 2.45) is 11.7 Å². The van der Waals surface area contributed by atoms with E-state index in [0.29, 0.717) is 23.0 Å². The Morgan fingerprint density at radius 3 is 2.53 bits per heavy atom. The molecule has 0 aliphatic heterocycles. The zero-order valence-corrected chi connectivity index (χ0v) is 13.1. The van der Waals surface area contributed by atoms with Gasteiger partial charge in [-0.05, 0) is 36.1 Å². The number of hydrogen-bond acceptors (Lipinski definition) is 3. The molecule has 19 heavy (non-hydrogen) atoms. The summed E-state index contributed by atoms with van der Waals surface area (Å²) in [5.41, 5.74) is 6.18. The van der Waals surface area contributed by atoms with Gasteiger partial charge in [-0.25, -0.2) is 12.7 Å². The molecule has 0 bridgehead atoms. The molecule has 2 N–H and O–H groups in total. The molecule has 6 heteroatoms. The summed E-state index contributed by atoms with van der Waals surface area (Å²) in [5, 5.41) is 0.492. The van der Waals surface area contributed by atoms with Gasteiger partial charge in [0, 0.05) is 25.2 Å². The highest BCUT2D eigenvalue weighted by Crippen LogP contribution is 2.22. The first-order valence-electron chi connectivity index (χ1n) is 6.24. The van der Waals surface area contributed by atoms with E-state index in [9.17, 15) is 8.42 Å². The van der Waals surface area contributed by atoms with Crippen LogP contribution < -0.4 is 5.73 Å². The molecule has 1 rings (SSSR count). The third-order valence-electron chi connectivity index (χ3n) is 2.97. The number of sulfonamides is 1. The fraction of sp³-hybridized carbons (Fsp3) is 0.538. The molecule has 0 fully saturated rings. The van der Waals surface area contributed by atoms with Crippen molar-refractivity contribution in [1.82, 2.24) is 4.31 Å². The van der Waals surface area contributed by atoms with Crippen molar-refractivity contribution >= 4 is 21.6 Å². The first-order valence-corrected chi connectivity index (χ1v) is 8.05. The lowest BCUT2D eigenvalue weighted by Gasteiger charge is -2.18. The molecule has 1 aromatic rings. The molecule has 108 valence electrons. The van der Waals surface area contributed by atoms with Crippen LogP contribution in [0.15, 0.2) is 23.1 Å². The van der Waals surface area contributed by atoms with Crippen LogP contribution in [0.3, 0.4) is 0 Å². The van der Waals surface area contributed by atoms with E-state index >= 15 is 0 Å². The highest BCUT2D eigenvalue weighted by molar-refractivity contribution is 7.89. The summed E-state index contributed by atoms with van der Waals surface area (Å²) in [5.74, 6) is 0.461. The van der Waals surface area contributed by atoms with Crippen LogP contribution in [0.4, 0.5) is 0 Å². The minimum absolute atomic E-state index is 0.220. The molecule has 0 radical (unpaired) electrons. The van der Waals surface area contributed by atoms with E-state index in [1.807, 2.05) is 0 Å². The van der Waals surface area contributed by atoms with E-state index in [1.165, 1.54) is 10.4 Å². The Bertz CT molecular complexity index is 529. The van der Waals surface area contributed by atoms with E-state index < -0.39 is 10.0 Å². The maximum atomic E-state index is 12.4. The lowest BCUT2D eigenvalue weighted by Crippen LogP contribution is -2.28. The topological polar surface area (TPSA) is 63.4 Å². The first kappa shape index (κ1) is 16.4. The second-order valence-electron chi connectivity index (χ2n) is 4.97. The zero-order chi connectivity index (χ0) is 14.6. The largest absolute Gasteiger partial charge is 0.326 e. The Kier molecular flexibility index (Phi) is 5.80. The van der Waals surface area contributed by atoms with E-state index in [2.05, 4.69) is 13.8 Å². The summed E-state index contributed by atoms with van der Waals surface area (Å²) >= 11 is 5.94. The molecule has 0 heterocycles. The molecule has 0 saturated carbocycles. The minimum atomic E-state index is -3.46. The predicted octanol–water partition coefficient (Wildman–Crippen LogP) is 2.47. The number of nitrogens with zero attached hydrogens (tertiary/aromatic N) is 1. The van der Waals surface area contributed by atoms with Crippen molar-refractivity contribution in [2.45, 2.75) is 31.7 Å². The maximum absolute atomic E-state index is 12.4. The van der Waals surface area contributed by atoms with E-state index in [1.54, 1.807) is 19.2 Å². The Morgan fingerprint density at radius 1 is 1.37 bits per heavy atom. The third-order valence-corrected chi connectivity index (χ3v) is 5.19. The van der Waals surface area contributed by atoms with Gasteiger partial charge >= 0.3 is 0 Å². The van der Waals surface area contributed by atoms with Crippen LogP contribution in [0.25, 0.3) is 0 Å². The number of benzene rings is 1. The van der Waals surface area contributed by atoms with Gasteiger partial charge in [-0.2, -0.15) is 0 Å². The lowest BCUT2D eigenvalue weighted by molar-refractivity contribution is 0.428. The van der Waals surface area contributed by atoms with Crippen molar-refractivity contribution < 1.29 is 8.42 Å². The lowest BCUT2D eigenvalue weighted by atomic mass is 10.1. The molecule has 0 spiro atoms. The van der Waals surface area contributed by atoms with Gasteiger partial charge in [-0.3, -0.25) is 0 Å². The molecule has 4 nitrogen and oxygen atoms in total. The van der Waals surface area contributed by atoms with Gasteiger partial charge in [0.25, 0.3) is 0 Å². The Hall–Kier alpha value is -0.620. The minimum Gasteiger partial charge on any atom is -0.326 e. The van der Waals surface area contributed by atoms with E-state index in [0.717, 1.165) is 6.42 Å². The smallest absolute Gasteiger partial charge is 0.242 e. The van der Waals surface area contributed by atoms with Crippen molar-refractivity contribution in [3.8, 4) is 0 Å². The normalized spacial score (nSPS) is 12.4.